The number of rotatable bonds is 6. The van der Waals surface area contributed by atoms with Gasteiger partial charge >= 0.3 is 5.97 Å². The molecule has 1 aliphatic heterocycles. The molecule has 1 N–H and O–H groups in total. The van der Waals surface area contributed by atoms with Gasteiger partial charge in [-0.05, 0) is 62.4 Å². The number of hydrogen-bond donors (Lipinski definition) is 1. The van der Waals surface area contributed by atoms with E-state index >= 15 is 0 Å². The van der Waals surface area contributed by atoms with Crippen molar-refractivity contribution in [3.05, 3.63) is 57.4 Å². The lowest BCUT2D eigenvalue weighted by molar-refractivity contribution is 0.0492. The van der Waals surface area contributed by atoms with E-state index in [4.69, 9.17) is 9.15 Å². The number of aryl methyl sites for hydroxylation is 1. The Morgan fingerprint density at radius 3 is 2.83 bits per heavy atom. The fraction of sp³-hybridized carbons (Fsp3) is 0.393. The highest BCUT2D eigenvalue weighted by atomic mass is 32.1. The van der Waals surface area contributed by atoms with E-state index in [1.54, 1.807) is 13.0 Å². The van der Waals surface area contributed by atoms with Crippen molar-refractivity contribution in [3.8, 4) is 16.3 Å². The SMILES string of the molecule is CCOC(=O)c1oc2c(CN3CCC[C@@H](C)C3)c(O)c(CC)cc2c(=O)c1-c1nc2ccccc2s1. The molecular formula is C28H30N2O5S. The third kappa shape index (κ3) is 4.40. The Balaban J connectivity index is 1.77. The van der Waals surface area contributed by atoms with Gasteiger partial charge in [-0.2, -0.15) is 0 Å². The quantitative estimate of drug-likeness (QED) is 0.333. The molecule has 0 spiro atoms. The lowest BCUT2D eigenvalue weighted by Crippen LogP contribution is -2.34. The van der Waals surface area contributed by atoms with Crippen molar-refractivity contribution >= 4 is 38.5 Å². The molecule has 36 heavy (non-hydrogen) atoms. The summed E-state index contributed by atoms with van der Waals surface area (Å²) in [4.78, 5) is 34.0. The molecular weight excluding hydrogens is 476 g/mol. The minimum absolute atomic E-state index is 0.104. The average molecular weight is 507 g/mol. The molecule has 0 amide bonds. The van der Waals surface area contributed by atoms with Crippen LogP contribution >= 0.6 is 11.3 Å². The van der Waals surface area contributed by atoms with Gasteiger partial charge in [0.25, 0.3) is 0 Å². The molecule has 1 atom stereocenters. The van der Waals surface area contributed by atoms with Crippen LogP contribution in [-0.2, 0) is 17.7 Å². The maximum absolute atomic E-state index is 14.0. The number of aromatic hydroxyl groups is 1. The van der Waals surface area contributed by atoms with Crippen LogP contribution in [0.4, 0.5) is 0 Å². The number of ether oxygens (including phenoxy) is 1. The van der Waals surface area contributed by atoms with Gasteiger partial charge < -0.3 is 14.3 Å². The molecule has 5 rings (SSSR count). The van der Waals surface area contributed by atoms with Gasteiger partial charge in [0.1, 0.15) is 21.9 Å². The van der Waals surface area contributed by atoms with Crippen LogP contribution in [0.25, 0.3) is 31.8 Å². The zero-order valence-electron chi connectivity index (χ0n) is 20.8. The van der Waals surface area contributed by atoms with Crippen molar-refractivity contribution in [1.82, 2.24) is 9.88 Å². The number of carbonyl (C=O) groups is 1. The second-order valence-corrected chi connectivity index (χ2v) is 10.4. The van der Waals surface area contributed by atoms with E-state index in [-0.39, 0.29) is 34.7 Å². The number of piperidine rings is 1. The first-order valence-corrected chi connectivity index (χ1v) is 13.3. The van der Waals surface area contributed by atoms with E-state index < -0.39 is 5.97 Å². The number of phenols is 1. The number of carbonyl (C=O) groups excluding carboxylic acids is 1. The van der Waals surface area contributed by atoms with E-state index in [0.717, 1.165) is 29.7 Å². The second kappa shape index (κ2) is 10.0. The van der Waals surface area contributed by atoms with E-state index in [0.29, 0.717) is 40.4 Å². The third-order valence-corrected chi connectivity index (χ3v) is 7.86. The Morgan fingerprint density at radius 1 is 1.31 bits per heavy atom. The van der Waals surface area contributed by atoms with E-state index in [2.05, 4.69) is 16.8 Å². The largest absolute Gasteiger partial charge is 0.507 e. The number of hydrogen-bond acceptors (Lipinski definition) is 8. The van der Waals surface area contributed by atoms with Gasteiger partial charge in [0.05, 0.1) is 27.8 Å². The van der Waals surface area contributed by atoms with Crippen LogP contribution < -0.4 is 5.43 Å². The molecule has 7 nitrogen and oxygen atoms in total. The number of para-hydroxylation sites is 1. The molecule has 0 saturated carbocycles. The molecule has 0 aliphatic carbocycles. The molecule has 0 radical (unpaired) electrons. The van der Waals surface area contributed by atoms with Crippen molar-refractivity contribution in [2.45, 2.75) is 46.6 Å². The lowest BCUT2D eigenvalue weighted by atomic mass is 9.97. The smallest absolute Gasteiger partial charge is 0.375 e. The van der Waals surface area contributed by atoms with Gasteiger partial charge in [-0.25, -0.2) is 9.78 Å². The minimum Gasteiger partial charge on any atom is -0.507 e. The predicted molar refractivity (Wildman–Crippen MR) is 142 cm³/mol. The number of fused-ring (bicyclic) bond motifs is 2. The molecule has 188 valence electrons. The molecule has 1 aliphatic rings. The summed E-state index contributed by atoms with van der Waals surface area (Å²) in [5, 5.41) is 11.9. The molecule has 4 aromatic rings. The number of aromatic nitrogens is 1. The van der Waals surface area contributed by atoms with E-state index in [1.807, 2.05) is 31.2 Å². The molecule has 1 fully saturated rings. The molecule has 0 unspecified atom stereocenters. The summed E-state index contributed by atoms with van der Waals surface area (Å²) in [6.45, 7) is 8.24. The highest BCUT2D eigenvalue weighted by Crippen LogP contribution is 2.37. The van der Waals surface area contributed by atoms with Crippen molar-refractivity contribution in [1.29, 1.82) is 0 Å². The van der Waals surface area contributed by atoms with Crippen LogP contribution in [0.1, 0.15) is 55.3 Å². The van der Waals surface area contributed by atoms with Crippen LogP contribution in [0, 0.1) is 5.92 Å². The van der Waals surface area contributed by atoms with Crippen molar-refractivity contribution < 1.29 is 19.1 Å². The van der Waals surface area contributed by atoms with E-state index in [1.165, 1.54) is 17.8 Å². The fourth-order valence-corrected chi connectivity index (χ4v) is 6.04. The molecule has 8 heteroatoms. The summed E-state index contributed by atoms with van der Waals surface area (Å²) in [6.07, 6.45) is 2.81. The van der Waals surface area contributed by atoms with E-state index in [9.17, 15) is 14.7 Å². The van der Waals surface area contributed by atoms with Gasteiger partial charge in [-0.1, -0.05) is 26.0 Å². The van der Waals surface area contributed by atoms with Gasteiger partial charge in [-0.3, -0.25) is 9.69 Å². The monoisotopic (exact) mass is 506 g/mol. The average Bonchev–Trinajstić information content (AvgIpc) is 3.29. The Bertz CT molecular complexity index is 1470. The summed E-state index contributed by atoms with van der Waals surface area (Å²) >= 11 is 1.33. The number of thiazole rings is 1. The Morgan fingerprint density at radius 2 is 2.11 bits per heavy atom. The summed E-state index contributed by atoms with van der Waals surface area (Å²) in [6, 6.07) is 9.26. The third-order valence-electron chi connectivity index (χ3n) is 6.80. The number of likely N-dealkylation sites (tertiary alicyclic amines) is 1. The van der Waals surface area contributed by atoms with Gasteiger partial charge in [0.2, 0.25) is 11.2 Å². The van der Waals surface area contributed by atoms with Crippen molar-refractivity contribution in [2.24, 2.45) is 5.92 Å². The number of phenolic OH excluding ortho intramolecular Hbond substituents is 1. The number of benzene rings is 2. The Hall–Kier alpha value is -3.23. The van der Waals surface area contributed by atoms with Crippen molar-refractivity contribution in [2.75, 3.05) is 19.7 Å². The van der Waals surface area contributed by atoms with Gasteiger partial charge in [-0.15, -0.1) is 11.3 Å². The first-order valence-electron chi connectivity index (χ1n) is 12.5. The lowest BCUT2D eigenvalue weighted by Gasteiger charge is -2.31. The van der Waals surface area contributed by atoms with Gasteiger partial charge in [0, 0.05) is 13.1 Å². The minimum atomic E-state index is -0.720. The summed E-state index contributed by atoms with van der Waals surface area (Å²) in [7, 11) is 0. The topological polar surface area (TPSA) is 92.9 Å². The number of esters is 1. The Labute approximate surface area is 213 Å². The van der Waals surface area contributed by atoms with Crippen LogP contribution in [0.15, 0.2) is 39.5 Å². The Kier molecular flexibility index (Phi) is 6.81. The molecule has 1 saturated heterocycles. The predicted octanol–water partition coefficient (Wildman–Crippen LogP) is 5.75. The fourth-order valence-electron chi connectivity index (χ4n) is 5.03. The zero-order chi connectivity index (χ0) is 25.4. The summed E-state index contributed by atoms with van der Waals surface area (Å²) in [5.41, 5.74) is 1.95. The second-order valence-electron chi connectivity index (χ2n) is 9.42. The highest BCUT2D eigenvalue weighted by molar-refractivity contribution is 7.21. The van der Waals surface area contributed by atoms with Crippen LogP contribution in [0.2, 0.25) is 0 Å². The summed E-state index contributed by atoms with van der Waals surface area (Å²) < 4.78 is 12.4. The normalized spacial score (nSPS) is 16.6. The van der Waals surface area contributed by atoms with Crippen LogP contribution in [0.5, 0.6) is 5.75 Å². The van der Waals surface area contributed by atoms with Crippen LogP contribution in [-0.4, -0.2) is 40.7 Å². The zero-order valence-corrected chi connectivity index (χ0v) is 21.6. The molecule has 2 aromatic heterocycles. The molecule has 0 bridgehead atoms. The maximum atomic E-state index is 14.0. The van der Waals surface area contributed by atoms with Crippen LogP contribution in [0.3, 0.4) is 0 Å². The highest BCUT2D eigenvalue weighted by Gasteiger charge is 2.29. The first-order chi connectivity index (χ1) is 17.4. The summed E-state index contributed by atoms with van der Waals surface area (Å²) in [5.74, 6) is -0.226. The standard InChI is InChI=1S/C28H30N2O5S/c1-4-17-13-18-24(32)22(27-29-20-10-6-7-11-21(20)36-27)26(28(33)34-5-2)35-25(18)19(23(17)31)15-30-12-8-9-16(3)14-30/h6-7,10-11,13,16,31H,4-5,8-9,12,14-15H2,1-3H3/t16-/m1/s1. The maximum Gasteiger partial charge on any atom is 0.375 e. The number of nitrogens with zero attached hydrogens (tertiary/aromatic N) is 2. The van der Waals surface area contributed by atoms with Crippen molar-refractivity contribution in [3.63, 3.8) is 0 Å². The molecule has 3 heterocycles. The first kappa shape index (κ1) is 24.5. The molecule has 2 aromatic carbocycles. The van der Waals surface area contributed by atoms with Gasteiger partial charge in [0.15, 0.2) is 0 Å².